The molecule has 0 aromatic heterocycles. The van der Waals surface area contributed by atoms with Gasteiger partial charge in [0.1, 0.15) is 5.78 Å². The molecule has 1 nitrogen and oxygen atoms in total. The lowest BCUT2D eigenvalue weighted by Crippen LogP contribution is -2.39. The molecule has 0 aromatic carbocycles. The Bertz CT molecular complexity index is 322. The molecule has 1 heteroatoms. The van der Waals surface area contributed by atoms with Crippen molar-refractivity contribution in [1.29, 1.82) is 0 Å². The lowest BCUT2D eigenvalue weighted by atomic mass is 9.61. The Kier molecular flexibility index (Phi) is 2.52. The molecule has 2 unspecified atom stereocenters. The zero-order valence-corrected chi connectivity index (χ0v) is 10.4. The van der Waals surface area contributed by atoms with E-state index in [2.05, 4.69) is 27.7 Å². The van der Waals surface area contributed by atoms with Crippen molar-refractivity contribution < 1.29 is 4.79 Å². The number of carbonyl (C=O) groups is 1. The van der Waals surface area contributed by atoms with Crippen molar-refractivity contribution in [3.05, 3.63) is 11.1 Å². The predicted octanol–water partition coefficient (Wildman–Crippen LogP) is 3.74. The van der Waals surface area contributed by atoms with Crippen LogP contribution in [-0.4, -0.2) is 5.78 Å². The van der Waals surface area contributed by atoms with E-state index in [4.69, 9.17) is 0 Å². The Morgan fingerprint density at radius 1 is 1.13 bits per heavy atom. The van der Waals surface area contributed by atoms with Crippen LogP contribution in [0, 0.1) is 17.3 Å². The Labute approximate surface area is 92.9 Å². The fraction of sp³-hybridized carbons (Fsp3) is 0.786. The topological polar surface area (TPSA) is 17.1 Å². The lowest BCUT2D eigenvalue weighted by molar-refractivity contribution is -0.130. The third kappa shape index (κ3) is 2.02. The number of hydrogen-bond donors (Lipinski definition) is 0. The highest BCUT2D eigenvalue weighted by Crippen LogP contribution is 2.47. The molecule has 15 heavy (non-hydrogen) atoms. The van der Waals surface area contributed by atoms with Crippen LogP contribution >= 0.6 is 0 Å². The van der Waals surface area contributed by atoms with Gasteiger partial charge in [-0.1, -0.05) is 25.0 Å². The van der Waals surface area contributed by atoms with Gasteiger partial charge in [-0.05, 0) is 44.4 Å². The highest BCUT2D eigenvalue weighted by molar-refractivity contribution is 5.83. The summed E-state index contributed by atoms with van der Waals surface area (Å²) < 4.78 is 0. The van der Waals surface area contributed by atoms with Crippen molar-refractivity contribution in [2.24, 2.45) is 17.3 Å². The number of carbonyl (C=O) groups excluding carboxylic acids is 1. The van der Waals surface area contributed by atoms with Gasteiger partial charge < -0.3 is 0 Å². The number of allylic oxidation sites excluding steroid dienone is 2. The van der Waals surface area contributed by atoms with Gasteiger partial charge in [-0.15, -0.1) is 0 Å². The SMILES string of the molecule is CC1=C(C)CC2C(=O)CC(C)(C)CC2C1. The lowest BCUT2D eigenvalue weighted by Gasteiger charge is -2.42. The number of fused-ring (bicyclic) bond motifs is 1. The van der Waals surface area contributed by atoms with Crippen molar-refractivity contribution in [1.82, 2.24) is 0 Å². The maximum atomic E-state index is 12.1. The Morgan fingerprint density at radius 2 is 1.73 bits per heavy atom. The summed E-state index contributed by atoms with van der Waals surface area (Å²) in [6.45, 7) is 8.90. The second kappa shape index (κ2) is 3.47. The zero-order chi connectivity index (χ0) is 11.2. The maximum absolute atomic E-state index is 12.1. The molecule has 0 N–H and O–H groups in total. The third-order valence-electron chi connectivity index (χ3n) is 4.27. The summed E-state index contributed by atoms with van der Waals surface area (Å²) >= 11 is 0. The molecule has 0 heterocycles. The molecule has 0 aromatic rings. The van der Waals surface area contributed by atoms with E-state index < -0.39 is 0 Å². The van der Waals surface area contributed by atoms with Crippen molar-refractivity contribution >= 4 is 5.78 Å². The normalized spacial score (nSPS) is 35.3. The highest BCUT2D eigenvalue weighted by atomic mass is 16.1. The minimum atomic E-state index is 0.240. The standard InChI is InChI=1S/C14H22O/c1-9-5-11-7-14(3,4)8-13(15)12(11)6-10(9)2/h11-12H,5-8H2,1-4H3. The quantitative estimate of drug-likeness (QED) is 0.552. The highest BCUT2D eigenvalue weighted by Gasteiger charge is 2.41. The number of Topliss-reactive ketones (excluding diaryl/α,β-unsaturated/α-hetero) is 1. The van der Waals surface area contributed by atoms with E-state index in [0.717, 1.165) is 19.3 Å². The summed E-state index contributed by atoms with van der Waals surface area (Å²) in [5.74, 6) is 1.50. The van der Waals surface area contributed by atoms with E-state index in [0.29, 0.717) is 17.6 Å². The predicted molar refractivity (Wildman–Crippen MR) is 62.6 cm³/mol. The van der Waals surface area contributed by atoms with Crippen LogP contribution in [0.2, 0.25) is 0 Å². The summed E-state index contributed by atoms with van der Waals surface area (Å²) in [4.78, 5) is 12.1. The molecule has 0 radical (unpaired) electrons. The van der Waals surface area contributed by atoms with Gasteiger partial charge in [-0.3, -0.25) is 4.79 Å². The average molecular weight is 206 g/mol. The Morgan fingerprint density at radius 3 is 2.40 bits per heavy atom. The van der Waals surface area contributed by atoms with E-state index in [1.54, 1.807) is 0 Å². The van der Waals surface area contributed by atoms with Crippen LogP contribution in [0.3, 0.4) is 0 Å². The maximum Gasteiger partial charge on any atom is 0.137 e. The number of ketones is 1. The van der Waals surface area contributed by atoms with Gasteiger partial charge in [0.15, 0.2) is 0 Å². The molecule has 0 amide bonds. The van der Waals surface area contributed by atoms with E-state index in [1.807, 2.05) is 0 Å². The second-order valence-corrected chi connectivity index (χ2v) is 6.35. The first-order valence-corrected chi connectivity index (χ1v) is 6.07. The summed E-state index contributed by atoms with van der Waals surface area (Å²) in [6, 6.07) is 0. The van der Waals surface area contributed by atoms with Gasteiger partial charge in [0.2, 0.25) is 0 Å². The van der Waals surface area contributed by atoms with E-state index in [1.165, 1.54) is 17.6 Å². The van der Waals surface area contributed by atoms with Crippen molar-refractivity contribution in [2.45, 2.75) is 53.4 Å². The monoisotopic (exact) mass is 206 g/mol. The van der Waals surface area contributed by atoms with Crippen LogP contribution in [0.4, 0.5) is 0 Å². The third-order valence-corrected chi connectivity index (χ3v) is 4.27. The molecule has 2 aliphatic carbocycles. The summed E-state index contributed by atoms with van der Waals surface area (Å²) in [5.41, 5.74) is 3.23. The van der Waals surface area contributed by atoms with Gasteiger partial charge in [-0.2, -0.15) is 0 Å². The number of rotatable bonds is 0. The largest absolute Gasteiger partial charge is 0.299 e. The van der Waals surface area contributed by atoms with Gasteiger partial charge in [0.25, 0.3) is 0 Å². The van der Waals surface area contributed by atoms with Gasteiger partial charge in [0, 0.05) is 12.3 Å². The van der Waals surface area contributed by atoms with Crippen LogP contribution < -0.4 is 0 Å². The minimum Gasteiger partial charge on any atom is -0.299 e. The molecule has 2 atom stereocenters. The average Bonchev–Trinajstić information content (AvgIpc) is 2.07. The van der Waals surface area contributed by atoms with Crippen molar-refractivity contribution in [3.63, 3.8) is 0 Å². The smallest absolute Gasteiger partial charge is 0.137 e. The van der Waals surface area contributed by atoms with Crippen LogP contribution in [0.15, 0.2) is 11.1 Å². The minimum absolute atomic E-state index is 0.240. The number of hydrogen-bond acceptors (Lipinski definition) is 1. The fourth-order valence-electron chi connectivity index (χ4n) is 3.36. The summed E-state index contributed by atoms with van der Waals surface area (Å²) in [6.07, 6.45) is 4.21. The van der Waals surface area contributed by atoms with Crippen molar-refractivity contribution in [3.8, 4) is 0 Å². The Balaban J connectivity index is 2.23. The molecule has 2 rings (SSSR count). The van der Waals surface area contributed by atoms with Crippen LogP contribution in [0.25, 0.3) is 0 Å². The Hall–Kier alpha value is -0.590. The molecule has 0 bridgehead atoms. The molecule has 0 aliphatic heterocycles. The first-order chi connectivity index (χ1) is 6.89. The summed E-state index contributed by atoms with van der Waals surface area (Å²) in [7, 11) is 0. The molecular formula is C14H22O. The van der Waals surface area contributed by atoms with Gasteiger partial charge in [0.05, 0.1) is 0 Å². The fourth-order valence-corrected chi connectivity index (χ4v) is 3.36. The molecular weight excluding hydrogens is 184 g/mol. The molecule has 0 saturated heterocycles. The second-order valence-electron chi connectivity index (χ2n) is 6.35. The van der Waals surface area contributed by atoms with Gasteiger partial charge >= 0.3 is 0 Å². The van der Waals surface area contributed by atoms with Gasteiger partial charge in [-0.25, -0.2) is 0 Å². The molecule has 84 valence electrons. The molecule has 0 spiro atoms. The molecule has 1 fully saturated rings. The van der Waals surface area contributed by atoms with E-state index in [-0.39, 0.29) is 5.41 Å². The molecule has 1 saturated carbocycles. The summed E-state index contributed by atoms with van der Waals surface area (Å²) in [5, 5.41) is 0. The van der Waals surface area contributed by atoms with E-state index in [9.17, 15) is 4.79 Å². The molecule has 2 aliphatic rings. The van der Waals surface area contributed by atoms with Crippen LogP contribution in [0.1, 0.15) is 53.4 Å². The first kappa shape index (κ1) is 10.9. The van der Waals surface area contributed by atoms with Crippen molar-refractivity contribution in [2.75, 3.05) is 0 Å². The van der Waals surface area contributed by atoms with Crippen LogP contribution in [0.5, 0.6) is 0 Å². The zero-order valence-electron chi connectivity index (χ0n) is 10.4. The van der Waals surface area contributed by atoms with E-state index >= 15 is 0 Å². The first-order valence-electron chi connectivity index (χ1n) is 6.07. The van der Waals surface area contributed by atoms with Crippen LogP contribution in [-0.2, 0) is 4.79 Å².